The predicted octanol–water partition coefficient (Wildman–Crippen LogP) is 3.29. The van der Waals surface area contributed by atoms with Gasteiger partial charge in [0.05, 0.1) is 30.8 Å². The molecule has 0 unspecified atom stereocenters. The molecule has 1 saturated heterocycles. The van der Waals surface area contributed by atoms with Crippen molar-refractivity contribution in [2.24, 2.45) is 0 Å². The molecule has 1 atom stereocenters. The normalized spacial score (nSPS) is 16.4. The van der Waals surface area contributed by atoms with Crippen molar-refractivity contribution in [3.05, 3.63) is 53.6 Å². The second kappa shape index (κ2) is 10.3. The van der Waals surface area contributed by atoms with Crippen LogP contribution in [0.15, 0.2) is 36.7 Å². The number of carboxylic acids is 1. The zero-order chi connectivity index (χ0) is 19.2. The molecule has 2 aromatic rings. The Labute approximate surface area is 170 Å². The van der Waals surface area contributed by atoms with E-state index in [0.29, 0.717) is 37.4 Å². The summed E-state index contributed by atoms with van der Waals surface area (Å²) < 4.78 is 25.3. The predicted molar refractivity (Wildman–Crippen MR) is 109 cm³/mol. The van der Waals surface area contributed by atoms with Crippen LogP contribution in [0, 0.1) is 12.7 Å². The van der Waals surface area contributed by atoms with E-state index in [2.05, 4.69) is 9.88 Å². The van der Waals surface area contributed by atoms with E-state index >= 15 is 0 Å². The highest BCUT2D eigenvalue weighted by atomic mass is 32.1. The van der Waals surface area contributed by atoms with Gasteiger partial charge in [-0.05, 0) is 25.0 Å². The van der Waals surface area contributed by atoms with Crippen molar-refractivity contribution in [2.45, 2.75) is 32.5 Å². The van der Waals surface area contributed by atoms with Gasteiger partial charge in [-0.25, -0.2) is 4.39 Å². The third kappa shape index (κ3) is 6.10. The van der Waals surface area contributed by atoms with Crippen LogP contribution < -0.4 is 9.64 Å². The maximum absolute atomic E-state index is 13.9. The number of aliphatic carboxylic acids is 1. The lowest BCUT2D eigenvalue weighted by Crippen LogP contribution is -2.42. The number of benzene rings is 1. The molecule has 1 N–H and O–H groups in total. The molecule has 28 heavy (non-hydrogen) atoms. The zero-order valence-electron chi connectivity index (χ0n) is 15.7. The molecule has 2 heterocycles. The van der Waals surface area contributed by atoms with Crippen LogP contribution in [0.2, 0.25) is 0 Å². The molecule has 0 spiro atoms. The van der Waals surface area contributed by atoms with E-state index in [4.69, 9.17) is 14.6 Å². The van der Waals surface area contributed by atoms with Crippen molar-refractivity contribution in [3.63, 3.8) is 0 Å². The van der Waals surface area contributed by atoms with Crippen molar-refractivity contribution in [1.82, 2.24) is 4.98 Å². The molecular formula is C20H25FN2O4S. The molecule has 1 aromatic heterocycles. The van der Waals surface area contributed by atoms with Crippen LogP contribution in [-0.2, 0) is 16.1 Å². The molecule has 0 radical (unpaired) electrons. The molecule has 0 aliphatic carbocycles. The van der Waals surface area contributed by atoms with Crippen LogP contribution in [0.25, 0.3) is 0 Å². The zero-order valence-corrected chi connectivity index (χ0v) is 16.7. The molecular weight excluding hydrogens is 383 g/mol. The Morgan fingerprint density at radius 3 is 2.96 bits per heavy atom. The van der Waals surface area contributed by atoms with Crippen molar-refractivity contribution in [3.8, 4) is 5.75 Å². The van der Waals surface area contributed by atoms with Crippen molar-refractivity contribution >= 4 is 25.2 Å². The molecule has 1 aliphatic rings. The number of carboxylic acid groups (broad SMARTS) is 1. The summed E-state index contributed by atoms with van der Waals surface area (Å²) in [6, 6.07) is 6.91. The number of nitrogens with zero attached hydrogens (tertiary/aromatic N) is 2. The smallest absolute Gasteiger partial charge is 0.303 e. The third-order valence-electron chi connectivity index (χ3n) is 4.49. The molecule has 0 saturated carbocycles. The van der Waals surface area contributed by atoms with Gasteiger partial charge in [-0.1, -0.05) is 12.1 Å². The van der Waals surface area contributed by atoms with Gasteiger partial charge in [0.1, 0.15) is 18.2 Å². The van der Waals surface area contributed by atoms with Gasteiger partial charge in [-0.2, -0.15) is 13.5 Å². The van der Waals surface area contributed by atoms with E-state index in [0.717, 1.165) is 11.3 Å². The number of rotatable bonds is 7. The van der Waals surface area contributed by atoms with Crippen molar-refractivity contribution < 1.29 is 23.8 Å². The molecule has 0 amide bonds. The monoisotopic (exact) mass is 408 g/mol. The molecule has 8 heteroatoms. The number of anilines is 1. The molecule has 3 rings (SSSR count). The average molecular weight is 408 g/mol. The highest BCUT2D eigenvalue weighted by Gasteiger charge is 2.22. The first-order valence-electron chi connectivity index (χ1n) is 8.92. The first-order valence-corrected chi connectivity index (χ1v) is 8.92. The number of halogens is 1. The maximum Gasteiger partial charge on any atom is 0.303 e. The Morgan fingerprint density at radius 2 is 2.21 bits per heavy atom. The summed E-state index contributed by atoms with van der Waals surface area (Å²) in [5, 5.41) is 8.83. The standard InChI is InChI=1S/C20H23FN2O4.H2S/c1-14-2-3-15(19(21)8-14)13-27-18-9-16(10-22-11-18)23-6-7-26-17(12-23)4-5-20(24)25;/h2-3,8-11,17H,4-7,12-13H2,1H3,(H,24,25);1H2/t17-;/m0./s1. The number of aryl methyl sites for hydroxylation is 1. The van der Waals surface area contributed by atoms with Gasteiger partial charge in [-0.15, -0.1) is 0 Å². The summed E-state index contributed by atoms with van der Waals surface area (Å²) in [6.45, 7) is 3.80. The Kier molecular flexibility index (Phi) is 8.07. The van der Waals surface area contributed by atoms with Crippen LogP contribution in [0.5, 0.6) is 5.75 Å². The Bertz CT molecular complexity index is 806. The van der Waals surface area contributed by atoms with E-state index in [-0.39, 0.29) is 38.4 Å². The van der Waals surface area contributed by atoms with Crippen LogP contribution in [0.3, 0.4) is 0 Å². The van der Waals surface area contributed by atoms with Gasteiger partial charge in [0, 0.05) is 31.1 Å². The molecule has 1 aliphatic heterocycles. The molecule has 0 bridgehead atoms. The lowest BCUT2D eigenvalue weighted by molar-refractivity contribution is -0.137. The van der Waals surface area contributed by atoms with E-state index < -0.39 is 5.97 Å². The third-order valence-corrected chi connectivity index (χ3v) is 4.49. The van der Waals surface area contributed by atoms with Crippen LogP contribution in [0.4, 0.5) is 10.1 Å². The SMILES string of the molecule is Cc1ccc(COc2cncc(N3CCO[C@@H](CCC(=O)O)C3)c2)c(F)c1.S. The van der Waals surface area contributed by atoms with E-state index in [9.17, 15) is 9.18 Å². The van der Waals surface area contributed by atoms with Crippen molar-refractivity contribution in [1.29, 1.82) is 0 Å². The van der Waals surface area contributed by atoms with Crippen molar-refractivity contribution in [2.75, 3.05) is 24.6 Å². The van der Waals surface area contributed by atoms with E-state index in [1.54, 1.807) is 18.5 Å². The molecule has 152 valence electrons. The Balaban J connectivity index is 0.00000280. The summed E-state index contributed by atoms with van der Waals surface area (Å²) in [4.78, 5) is 17.1. The Hall–Kier alpha value is -2.32. The lowest BCUT2D eigenvalue weighted by atomic mass is 10.1. The number of hydrogen-bond donors (Lipinski definition) is 1. The van der Waals surface area contributed by atoms with E-state index in [1.165, 1.54) is 6.07 Å². The van der Waals surface area contributed by atoms with Gasteiger partial charge < -0.3 is 19.5 Å². The topological polar surface area (TPSA) is 71.9 Å². The number of aromatic nitrogens is 1. The largest absolute Gasteiger partial charge is 0.487 e. The fourth-order valence-electron chi connectivity index (χ4n) is 3.00. The fraction of sp³-hybridized carbons (Fsp3) is 0.400. The molecule has 6 nitrogen and oxygen atoms in total. The highest BCUT2D eigenvalue weighted by Crippen LogP contribution is 2.24. The van der Waals surface area contributed by atoms with Crippen LogP contribution >= 0.6 is 13.5 Å². The quantitative estimate of drug-likeness (QED) is 0.758. The second-order valence-electron chi connectivity index (χ2n) is 6.63. The first kappa shape index (κ1) is 22.0. The number of pyridine rings is 1. The molecule has 1 aromatic carbocycles. The maximum atomic E-state index is 13.9. The average Bonchev–Trinajstić information content (AvgIpc) is 2.66. The summed E-state index contributed by atoms with van der Waals surface area (Å²) in [7, 11) is 0. The second-order valence-corrected chi connectivity index (χ2v) is 6.63. The summed E-state index contributed by atoms with van der Waals surface area (Å²) >= 11 is 0. The van der Waals surface area contributed by atoms with Gasteiger partial charge in [0.2, 0.25) is 0 Å². The lowest BCUT2D eigenvalue weighted by Gasteiger charge is -2.34. The summed E-state index contributed by atoms with van der Waals surface area (Å²) in [5.74, 6) is -0.550. The minimum atomic E-state index is -0.823. The number of morpholine rings is 1. The molecule has 1 fully saturated rings. The van der Waals surface area contributed by atoms with Gasteiger partial charge in [0.15, 0.2) is 0 Å². The highest BCUT2D eigenvalue weighted by molar-refractivity contribution is 7.59. The minimum absolute atomic E-state index is 0. The van der Waals surface area contributed by atoms with Gasteiger partial charge >= 0.3 is 5.97 Å². The van der Waals surface area contributed by atoms with Crippen LogP contribution in [0.1, 0.15) is 24.0 Å². The number of hydrogen-bond acceptors (Lipinski definition) is 5. The van der Waals surface area contributed by atoms with Crippen LogP contribution in [-0.4, -0.2) is 41.9 Å². The summed E-state index contributed by atoms with van der Waals surface area (Å²) in [6.07, 6.45) is 3.77. The van der Waals surface area contributed by atoms with Gasteiger partial charge in [0.25, 0.3) is 0 Å². The number of carbonyl (C=O) groups is 1. The fourth-order valence-corrected chi connectivity index (χ4v) is 3.00. The summed E-state index contributed by atoms with van der Waals surface area (Å²) in [5.41, 5.74) is 2.23. The van der Waals surface area contributed by atoms with E-state index in [1.807, 2.05) is 19.1 Å². The number of ether oxygens (including phenoxy) is 2. The Morgan fingerprint density at radius 1 is 1.39 bits per heavy atom. The van der Waals surface area contributed by atoms with Gasteiger partial charge in [-0.3, -0.25) is 9.78 Å². The minimum Gasteiger partial charge on any atom is -0.487 e. The first-order chi connectivity index (χ1) is 13.0.